The summed E-state index contributed by atoms with van der Waals surface area (Å²) in [6.07, 6.45) is 4.33. The number of carbonyl (C=O) groups is 1. The van der Waals surface area contributed by atoms with Gasteiger partial charge in [0.05, 0.1) is 6.54 Å². The average molecular weight is 263 g/mol. The minimum Gasteiger partial charge on any atom is -0.477 e. The summed E-state index contributed by atoms with van der Waals surface area (Å²) in [6.45, 7) is 2.68. The molecule has 0 amide bonds. The molecule has 0 radical (unpaired) electrons. The van der Waals surface area contributed by atoms with Crippen LogP contribution in [0.4, 0.5) is 5.69 Å². The van der Waals surface area contributed by atoms with Crippen molar-refractivity contribution in [1.82, 2.24) is 9.97 Å². The van der Waals surface area contributed by atoms with Gasteiger partial charge in [0, 0.05) is 23.0 Å². The third-order valence-electron chi connectivity index (χ3n) is 2.37. The maximum absolute atomic E-state index is 10.8. The normalized spacial score (nSPS) is 10.3. The smallest absolute Gasteiger partial charge is 0.354 e. The Bertz CT molecular complexity index is 554. The Morgan fingerprint density at radius 2 is 2.33 bits per heavy atom. The number of carboxylic acid groups (broad SMARTS) is 1. The molecule has 0 aliphatic carbocycles. The van der Waals surface area contributed by atoms with Crippen LogP contribution in [-0.4, -0.2) is 21.0 Å². The first-order chi connectivity index (χ1) is 8.69. The van der Waals surface area contributed by atoms with E-state index in [-0.39, 0.29) is 5.69 Å². The van der Waals surface area contributed by atoms with Crippen molar-refractivity contribution in [3.05, 3.63) is 40.1 Å². The number of nitrogens with zero attached hydrogens (tertiary/aromatic N) is 2. The van der Waals surface area contributed by atoms with Crippen LogP contribution in [0.25, 0.3) is 0 Å². The topological polar surface area (TPSA) is 75.1 Å². The van der Waals surface area contributed by atoms with Gasteiger partial charge < -0.3 is 10.4 Å². The number of hydrogen-bond acceptors (Lipinski definition) is 5. The van der Waals surface area contributed by atoms with Gasteiger partial charge >= 0.3 is 5.97 Å². The highest BCUT2D eigenvalue weighted by atomic mass is 32.1. The van der Waals surface area contributed by atoms with E-state index in [4.69, 9.17) is 5.11 Å². The molecule has 0 atom stereocenters. The third-order valence-corrected chi connectivity index (χ3v) is 3.51. The van der Waals surface area contributed by atoms with Crippen LogP contribution in [0.2, 0.25) is 0 Å². The van der Waals surface area contributed by atoms with Crippen molar-refractivity contribution < 1.29 is 9.90 Å². The maximum atomic E-state index is 10.8. The summed E-state index contributed by atoms with van der Waals surface area (Å²) >= 11 is 1.66. The molecular weight excluding hydrogens is 250 g/mol. The Morgan fingerprint density at radius 1 is 1.50 bits per heavy atom. The maximum Gasteiger partial charge on any atom is 0.354 e. The van der Waals surface area contributed by atoms with Crippen molar-refractivity contribution in [1.29, 1.82) is 0 Å². The second kappa shape index (κ2) is 5.59. The number of anilines is 1. The van der Waals surface area contributed by atoms with E-state index in [2.05, 4.69) is 22.2 Å². The lowest BCUT2D eigenvalue weighted by atomic mass is 10.3. The van der Waals surface area contributed by atoms with Crippen LogP contribution in [0.3, 0.4) is 0 Å². The molecule has 94 valence electrons. The minimum atomic E-state index is -1.03. The average Bonchev–Trinajstić information content (AvgIpc) is 2.84. The van der Waals surface area contributed by atoms with E-state index in [9.17, 15) is 4.79 Å². The molecule has 0 spiro atoms. The molecule has 0 aromatic carbocycles. The predicted molar refractivity (Wildman–Crippen MR) is 70.0 cm³/mol. The lowest BCUT2D eigenvalue weighted by Gasteiger charge is -2.04. The van der Waals surface area contributed by atoms with Crippen molar-refractivity contribution >= 4 is 23.0 Å². The molecule has 2 rings (SSSR count). The second-order valence-electron chi connectivity index (χ2n) is 3.66. The first kappa shape index (κ1) is 12.5. The van der Waals surface area contributed by atoms with Crippen LogP contribution in [-0.2, 0) is 13.0 Å². The molecule has 2 heterocycles. The molecule has 5 nitrogen and oxygen atoms in total. The lowest BCUT2D eigenvalue weighted by Crippen LogP contribution is -2.03. The number of pyridine rings is 1. The largest absolute Gasteiger partial charge is 0.477 e. The summed E-state index contributed by atoms with van der Waals surface area (Å²) < 4.78 is 0. The summed E-state index contributed by atoms with van der Waals surface area (Å²) in [6, 6.07) is 3.25. The van der Waals surface area contributed by atoms with Crippen molar-refractivity contribution in [2.24, 2.45) is 0 Å². The summed E-state index contributed by atoms with van der Waals surface area (Å²) in [4.78, 5) is 20.1. The van der Waals surface area contributed by atoms with Gasteiger partial charge in [-0.3, -0.25) is 0 Å². The van der Waals surface area contributed by atoms with E-state index in [0.717, 1.165) is 17.1 Å². The highest BCUT2D eigenvalue weighted by Crippen LogP contribution is 2.15. The van der Waals surface area contributed by atoms with Crippen molar-refractivity contribution in [2.45, 2.75) is 19.9 Å². The fraction of sp³-hybridized carbons (Fsp3) is 0.250. The van der Waals surface area contributed by atoms with Gasteiger partial charge in [0.1, 0.15) is 10.7 Å². The van der Waals surface area contributed by atoms with Crippen molar-refractivity contribution in [3.63, 3.8) is 0 Å². The number of thiazole rings is 1. The lowest BCUT2D eigenvalue weighted by molar-refractivity contribution is 0.0690. The Kier molecular flexibility index (Phi) is 3.88. The van der Waals surface area contributed by atoms with Crippen LogP contribution in [0.5, 0.6) is 0 Å². The zero-order valence-corrected chi connectivity index (χ0v) is 10.7. The molecule has 0 saturated heterocycles. The number of carboxylic acids is 1. The van der Waals surface area contributed by atoms with Gasteiger partial charge in [-0.05, 0) is 18.6 Å². The third kappa shape index (κ3) is 3.04. The highest BCUT2D eigenvalue weighted by Gasteiger charge is 2.05. The fourth-order valence-corrected chi connectivity index (χ4v) is 2.23. The number of aromatic carboxylic acids is 1. The minimum absolute atomic E-state index is 0.0355. The van der Waals surface area contributed by atoms with E-state index in [1.165, 1.54) is 17.1 Å². The standard InChI is InChI=1S/C12H13N3O2S/c1-2-9-6-15-11(18-9)7-14-8-3-4-13-10(5-8)12(16)17/h3-6H,2,7H2,1H3,(H,13,14)(H,16,17). The van der Waals surface area contributed by atoms with Crippen molar-refractivity contribution in [3.8, 4) is 0 Å². The molecule has 0 bridgehead atoms. The zero-order chi connectivity index (χ0) is 13.0. The molecule has 18 heavy (non-hydrogen) atoms. The van der Waals surface area contributed by atoms with E-state index in [1.807, 2.05) is 6.20 Å². The van der Waals surface area contributed by atoms with Crippen LogP contribution in [0, 0.1) is 0 Å². The zero-order valence-electron chi connectivity index (χ0n) is 9.88. The molecule has 0 fully saturated rings. The number of hydrogen-bond donors (Lipinski definition) is 2. The fourth-order valence-electron chi connectivity index (χ4n) is 1.43. The predicted octanol–water partition coefficient (Wildman–Crippen LogP) is 2.41. The highest BCUT2D eigenvalue weighted by molar-refractivity contribution is 7.11. The van der Waals surface area contributed by atoms with Gasteiger partial charge in [-0.1, -0.05) is 6.92 Å². The van der Waals surface area contributed by atoms with E-state index in [1.54, 1.807) is 17.4 Å². The monoisotopic (exact) mass is 263 g/mol. The molecule has 2 aromatic heterocycles. The number of nitrogens with one attached hydrogen (secondary N) is 1. The van der Waals surface area contributed by atoms with E-state index in [0.29, 0.717) is 6.54 Å². The number of rotatable bonds is 5. The molecule has 0 unspecified atom stereocenters. The quantitative estimate of drug-likeness (QED) is 0.866. The van der Waals surface area contributed by atoms with Crippen LogP contribution in [0.15, 0.2) is 24.5 Å². The van der Waals surface area contributed by atoms with Gasteiger partial charge in [-0.25, -0.2) is 14.8 Å². The Hall–Kier alpha value is -1.95. The molecule has 2 aromatic rings. The molecule has 6 heteroatoms. The van der Waals surface area contributed by atoms with Crippen LogP contribution in [0.1, 0.15) is 27.3 Å². The Labute approximate surface area is 109 Å². The Morgan fingerprint density at radius 3 is 3.00 bits per heavy atom. The number of aromatic nitrogens is 2. The number of aryl methyl sites for hydroxylation is 1. The van der Waals surface area contributed by atoms with Crippen LogP contribution < -0.4 is 5.32 Å². The van der Waals surface area contributed by atoms with Crippen molar-refractivity contribution in [2.75, 3.05) is 5.32 Å². The molecule has 2 N–H and O–H groups in total. The van der Waals surface area contributed by atoms with Gasteiger partial charge in [0.25, 0.3) is 0 Å². The summed E-state index contributed by atoms with van der Waals surface area (Å²) in [5.74, 6) is -1.03. The van der Waals surface area contributed by atoms with E-state index < -0.39 is 5.97 Å². The Balaban J connectivity index is 2.01. The first-order valence-electron chi connectivity index (χ1n) is 5.56. The van der Waals surface area contributed by atoms with Gasteiger partial charge in [0.15, 0.2) is 0 Å². The summed E-state index contributed by atoms with van der Waals surface area (Å²) in [5, 5.41) is 13.0. The van der Waals surface area contributed by atoms with Crippen LogP contribution >= 0.6 is 11.3 Å². The molecule has 0 aliphatic heterocycles. The molecule has 0 saturated carbocycles. The summed E-state index contributed by atoms with van der Waals surface area (Å²) in [7, 11) is 0. The van der Waals surface area contributed by atoms with Gasteiger partial charge in [-0.2, -0.15) is 0 Å². The molecular formula is C12H13N3O2S. The summed E-state index contributed by atoms with van der Waals surface area (Å²) in [5.41, 5.74) is 0.768. The van der Waals surface area contributed by atoms with Gasteiger partial charge in [-0.15, -0.1) is 11.3 Å². The van der Waals surface area contributed by atoms with Gasteiger partial charge in [0.2, 0.25) is 0 Å². The second-order valence-corrected chi connectivity index (χ2v) is 4.86. The molecule has 0 aliphatic rings. The first-order valence-corrected chi connectivity index (χ1v) is 6.37. The SMILES string of the molecule is CCc1cnc(CNc2ccnc(C(=O)O)c2)s1. The van der Waals surface area contributed by atoms with E-state index >= 15 is 0 Å².